The van der Waals surface area contributed by atoms with Gasteiger partial charge in [-0.25, -0.2) is 0 Å². The van der Waals surface area contributed by atoms with Crippen LogP contribution in [-0.4, -0.2) is 36.9 Å². The summed E-state index contributed by atoms with van der Waals surface area (Å²) in [4.78, 5) is 13.1. The van der Waals surface area contributed by atoms with E-state index in [0.717, 1.165) is 45.1 Å². The molecule has 0 aromatic heterocycles. The number of benzene rings is 1. The molecule has 0 unspecified atom stereocenters. The fourth-order valence-corrected chi connectivity index (χ4v) is 7.66. The van der Waals surface area contributed by atoms with Gasteiger partial charge in [0, 0.05) is 25.1 Å². The van der Waals surface area contributed by atoms with Crippen LogP contribution in [0.4, 0.5) is 0 Å². The number of nitrogens with one attached hydrogen (secondary N) is 1. The van der Waals surface area contributed by atoms with E-state index < -0.39 is 0 Å². The first-order valence-electron chi connectivity index (χ1n) is 13.5. The molecular weight excluding hydrogens is 422 g/mol. The molecule has 0 radical (unpaired) electrons. The molecule has 4 heteroatoms. The molecule has 7 atom stereocenters. The second-order valence-corrected chi connectivity index (χ2v) is 12.5. The Morgan fingerprint density at radius 2 is 1.97 bits per heavy atom. The molecule has 5 rings (SSSR count). The van der Waals surface area contributed by atoms with Gasteiger partial charge < -0.3 is 14.8 Å². The van der Waals surface area contributed by atoms with Crippen molar-refractivity contribution < 1.29 is 14.3 Å². The van der Waals surface area contributed by atoms with E-state index in [9.17, 15) is 4.79 Å². The van der Waals surface area contributed by atoms with Crippen LogP contribution in [-0.2, 0) is 20.7 Å². The van der Waals surface area contributed by atoms with Crippen molar-refractivity contribution in [3.05, 3.63) is 48.0 Å². The van der Waals surface area contributed by atoms with Crippen molar-refractivity contribution in [1.82, 2.24) is 5.32 Å². The molecule has 2 saturated heterocycles. The van der Waals surface area contributed by atoms with Crippen LogP contribution in [0.1, 0.15) is 71.3 Å². The standard InChI is InChI=1S/C30H43NO3/c1-20-9-8-13-30(4)18-27-23(16-25(20)30)24(28(32)34-27)19-31-26(15-21-10-6-5-7-11-21)22-12-14-33-29(2,3)17-22/h5-7,10-11,22-27,31H,1,8-9,12-19H2,2-4H3/t22-,23+,24+,25-,26+,27+,30+/m0/s1. The van der Waals surface area contributed by atoms with E-state index in [1.165, 1.54) is 24.0 Å². The van der Waals surface area contributed by atoms with Crippen LogP contribution >= 0.6 is 0 Å². The maximum Gasteiger partial charge on any atom is 0.310 e. The van der Waals surface area contributed by atoms with E-state index >= 15 is 0 Å². The first-order chi connectivity index (χ1) is 16.2. The minimum atomic E-state index is -0.0912. The van der Waals surface area contributed by atoms with E-state index in [1.807, 2.05) is 0 Å². The molecule has 2 aliphatic heterocycles. The number of esters is 1. The second kappa shape index (κ2) is 9.43. The molecule has 4 fully saturated rings. The van der Waals surface area contributed by atoms with Crippen molar-refractivity contribution in [1.29, 1.82) is 0 Å². The average molecular weight is 466 g/mol. The van der Waals surface area contributed by atoms with Crippen LogP contribution in [0.2, 0.25) is 0 Å². The van der Waals surface area contributed by atoms with Gasteiger partial charge in [-0.2, -0.15) is 0 Å². The number of allylic oxidation sites excluding steroid dienone is 1. The molecule has 0 amide bonds. The molecule has 34 heavy (non-hydrogen) atoms. The Labute approximate surface area is 205 Å². The Balaban J connectivity index is 1.30. The Morgan fingerprint density at radius 3 is 2.74 bits per heavy atom. The molecule has 0 bridgehead atoms. The SMILES string of the molecule is C=C1CCC[C@]2(C)C[C@H]3OC(=O)[C@H](CN[C@H](Cc4ccccc4)[C@H]4CCOC(C)(C)C4)[C@H]3C[C@@H]12. The van der Waals surface area contributed by atoms with Crippen molar-refractivity contribution in [3.63, 3.8) is 0 Å². The number of carbonyl (C=O) groups is 1. The maximum atomic E-state index is 13.1. The monoisotopic (exact) mass is 465 g/mol. The summed E-state index contributed by atoms with van der Waals surface area (Å²) in [5, 5.41) is 3.90. The molecule has 1 aromatic carbocycles. The topological polar surface area (TPSA) is 47.6 Å². The lowest BCUT2D eigenvalue weighted by molar-refractivity contribution is -0.146. The van der Waals surface area contributed by atoms with Gasteiger partial charge in [0.1, 0.15) is 6.10 Å². The number of hydrogen-bond acceptors (Lipinski definition) is 4. The van der Waals surface area contributed by atoms with Crippen LogP contribution in [0.5, 0.6) is 0 Å². The van der Waals surface area contributed by atoms with Crippen molar-refractivity contribution >= 4 is 5.97 Å². The molecular formula is C30H43NO3. The third kappa shape index (κ3) is 4.86. The summed E-state index contributed by atoms with van der Waals surface area (Å²) < 4.78 is 12.0. The zero-order valence-corrected chi connectivity index (χ0v) is 21.4. The number of fused-ring (bicyclic) bond motifs is 2. The second-order valence-electron chi connectivity index (χ2n) is 12.5. The molecule has 186 valence electrons. The smallest absolute Gasteiger partial charge is 0.310 e. The highest BCUT2D eigenvalue weighted by Gasteiger charge is 2.55. The predicted octanol–water partition coefficient (Wildman–Crippen LogP) is 5.71. The van der Waals surface area contributed by atoms with Gasteiger partial charge in [-0.1, -0.05) is 49.4 Å². The van der Waals surface area contributed by atoms with Crippen LogP contribution in [0.3, 0.4) is 0 Å². The maximum absolute atomic E-state index is 13.1. The third-order valence-electron chi connectivity index (χ3n) is 9.52. The van der Waals surface area contributed by atoms with Gasteiger partial charge >= 0.3 is 5.97 Å². The fraction of sp³-hybridized carbons (Fsp3) is 0.700. The van der Waals surface area contributed by atoms with E-state index in [1.54, 1.807) is 0 Å². The lowest BCUT2D eigenvalue weighted by Crippen LogP contribution is -2.49. The highest BCUT2D eigenvalue weighted by Crippen LogP contribution is 2.56. The fourth-order valence-electron chi connectivity index (χ4n) is 7.66. The van der Waals surface area contributed by atoms with Gasteiger partial charge in [0.25, 0.3) is 0 Å². The Kier molecular flexibility index (Phi) is 6.67. The first-order valence-corrected chi connectivity index (χ1v) is 13.5. The van der Waals surface area contributed by atoms with Gasteiger partial charge in [0.2, 0.25) is 0 Å². The van der Waals surface area contributed by atoms with Crippen molar-refractivity contribution in [3.8, 4) is 0 Å². The average Bonchev–Trinajstić information content (AvgIpc) is 3.08. The van der Waals surface area contributed by atoms with Crippen molar-refractivity contribution in [2.24, 2.45) is 29.1 Å². The summed E-state index contributed by atoms with van der Waals surface area (Å²) in [6.45, 7) is 12.8. The Bertz CT molecular complexity index is 896. The van der Waals surface area contributed by atoms with Crippen LogP contribution in [0.25, 0.3) is 0 Å². The summed E-state index contributed by atoms with van der Waals surface area (Å²) in [6, 6.07) is 11.1. The number of carbonyl (C=O) groups excluding carboxylic acids is 1. The number of ether oxygens (including phenoxy) is 2. The third-order valence-corrected chi connectivity index (χ3v) is 9.52. The van der Waals surface area contributed by atoms with Crippen molar-refractivity contribution in [2.75, 3.05) is 13.2 Å². The van der Waals surface area contributed by atoms with E-state index in [2.05, 4.69) is 63.0 Å². The first kappa shape index (κ1) is 24.1. The van der Waals surface area contributed by atoms with Gasteiger partial charge in [0.05, 0.1) is 11.5 Å². The summed E-state index contributed by atoms with van der Waals surface area (Å²) in [5.74, 6) is 1.36. The van der Waals surface area contributed by atoms with Gasteiger partial charge in [-0.15, -0.1) is 0 Å². The van der Waals surface area contributed by atoms with E-state index in [-0.39, 0.29) is 29.0 Å². The highest BCUT2D eigenvalue weighted by atomic mass is 16.6. The quantitative estimate of drug-likeness (QED) is 0.432. The van der Waals surface area contributed by atoms with E-state index in [0.29, 0.717) is 30.3 Å². The number of hydrogen-bond donors (Lipinski definition) is 1. The summed E-state index contributed by atoms with van der Waals surface area (Å²) in [5.41, 5.74) is 2.92. The summed E-state index contributed by atoms with van der Waals surface area (Å²) in [6.07, 6.45) is 8.85. The Morgan fingerprint density at radius 1 is 1.18 bits per heavy atom. The van der Waals surface area contributed by atoms with Crippen LogP contribution in [0.15, 0.2) is 42.5 Å². The molecule has 4 aliphatic rings. The zero-order chi connectivity index (χ0) is 23.9. The van der Waals surface area contributed by atoms with Gasteiger partial charge in [0.15, 0.2) is 0 Å². The van der Waals surface area contributed by atoms with Crippen molar-refractivity contribution in [2.45, 2.75) is 89.9 Å². The normalized spacial score (nSPS) is 38.0. The molecule has 2 saturated carbocycles. The lowest BCUT2D eigenvalue weighted by atomic mass is 9.55. The molecule has 2 aliphatic carbocycles. The molecule has 4 nitrogen and oxygen atoms in total. The van der Waals surface area contributed by atoms with Gasteiger partial charge in [-0.05, 0) is 88.0 Å². The minimum absolute atomic E-state index is 0.0149. The van der Waals surface area contributed by atoms with Crippen LogP contribution < -0.4 is 5.32 Å². The minimum Gasteiger partial charge on any atom is -0.462 e. The number of rotatable bonds is 6. The molecule has 0 spiro atoms. The van der Waals surface area contributed by atoms with E-state index in [4.69, 9.17) is 9.47 Å². The van der Waals surface area contributed by atoms with Crippen LogP contribution in [0, 0.1) is 29.1 Å². The largest absolute Gasteiger partial charge is 0.462 e. The zero-order valence-electron chi connectivity index (χ0n) is 21.4. The summed E-state index contributed by atoms with van der Waals surface area (Å²) in [7, 11) is 0. The molecule has 1 N–H and O–H groups in total. The Hall–Kier alpha value is -1.65. The predicted molar refractivity (Wildman–Crippen MR) is 135 cm³/mol. The molecule has 2 heterocycles. The summed E-state index contributed by atoms with van der Waals surface area (Å²) >= 11 is 0. The highest BCUT2D eigenvalue weighted by molar-refractivity contribution is 5.75. The molecule has 1 aromatic rings. The lowest BCUT2D eigenvalue weighted by Gasteiger charge is -2.50. The van der Waals surface area contributed by atoms with Gasteiger partial charge in [-0.3, -0.25) is 4.79 Å².